The molecule has 0 aliphatic carbocycles. The molecule has 0 aliphatic heterocycles. The monoisotopic (exact) mass is 387 g/mol. The van der Waals surface area contributed by atoms with E-state index in [0.717, 1.165) is 10.9 Å². The summed E-state index contributed by atoms with van der Waals surface area (Å²) in [5.74, 6) is 0.225. The fourth-order valence-electron chi connectivity index (χ4n) is 2.94. The summed E-state index contributed by atoms with van der Waals surface area (Å²) in [6.07, 6.45) is 3.92. The van der Waals surface area contributed by atoms with Gasteiger partial charge >= 0.3 is 0 Å². The van der Waals surface area contributed by atoms with E-state index in [4.69, 9.17) is 11.6 Å². The molecule has 0 spiro atoms. The van der Waals surface area contributed by atoms with E-state index in [0.29, 0.717) is 17.3 Å². The average molecular weight is 388 g/mol. The molecule has 3 N–H and O–H groups in total. The van der Waals surface area contributed by atoms with E-state index in [1.54, 1.807) is 12.3 Å². The van der Waals surface area contributed by atoms with E-state index in [2.05, 4.69) is 20.8 Å². The molecule has 27 heavy (non-hydrogen) atoms. The maximum absolute atomic E-state index is 12.6. The van der Waals surface area contributed by atoms with Gasteiger partial charge < -0.3 is 15.2 Å². The van der Waals surface area contributed by atoms with E-state index < -0.39 is 6.04 Å². The second-order valence-electron chi connectivity index (χ2n) is 6.86. The summed E-state index contributed by atoms with van der Waals surface area (Å²) in [4.78, 5) is 25.1. The SMILES string of the molecule is CC(C)CC(NC(=O)Cn1ccc2ccc(Cl)cc21)C(=O)Nc1ccn[nH]1. The van der Waals surface area contributed by atoms with Crippen LogP contribution in [0.4, 0.5) is 5.82 Å². The van der Waals surface area contributed by atoms with Gasteiger partial charge in [0.2, 0.25) is 11.8 Å². The maximum atomic E-state index is 12.6. The molecule has 2 amide bonds. The third-order valence-corrected chi connectivity index (χ3v) is 4.40. The Balaban J connectivity index is 1.69. The Labute approximate surface area is 162 Å². The number of hydrogen-bond acceptors (Lipinski definition) is 3. The number of hydrogen-bond donors (Lipinski definition) is 3. The number of rotatable bonds is 7. The number of benzene rings is 1. The molecule has 1 atom stereocenters. The lowest BCUT2D eigenvalue weighted by atomic mass is 10.0. The maximum Gasteiger partial charge on any atom is 0.248 e. The Bertz CT molecular complexity index is 933. The van der Waals surface area contributed by atoms with E-state index in [1.165, 1.54) is 0 Å². The highest BCUT2D eigenvalue weighted by Gasteiger charge is 2.22. The quantitative estimate of drug-likeness (QED) is 0.581. The van der Waals surface area contributed by atoms with Gasteiger partial charge in [0, 0.05) is 22.8 Å². The summed E-state index contributed by atoms with van der Waals surface area (Å²) in [6.45, 7) is 4.12. The molecule has 0 saturated heterocycles. The smallest absolute Gasteiger partial charge is 0.248 e. The van der Waals surface area contributed by atoms with Crippen molar-refractivity contribution in [2.45, 2.75) is 32.9 Å². The largest absolute Gasteiger partial charge is 0.343 e. The van der Waals surface area contributed by atoms with Crippen molar-refractivity contribution < 1.29 is 9.59 Å². The van der Waals surface area contributed by atoms with Gasteiger partial charge in [-0.25, -0.2) is 0 Å². The molecule has 2 aromatic heterocycles. The van der Waals surface area contributed by atoms with Crippen LogP contribution in [0.15, 0.2) is 42.7 Å². The minimum absolute atomic E-state index is 0.107. The summed E-state index contributed by atoms with van der Waals surface area (Å²) in [5, 5.41) is 13.7. The molecule has 0 aliphatic rings. The first-order chi connectivity index (χ1) is 12.9. The molecule has 0 bridgehead atoms. The van der Waals surface area contributed by atoms with Gasteiger partial charge in [-0.3, -0.25) is 14.7 Å². The minimum Gasteiger partial charge on any atom is -0.343 e. The standard InChI is InChI=1S/C19H22ClN5O2/c1-12(2)9-15(19(27)23-17-5-7-21-24-17)22-18(26)11-25-8-6-13-3-4-14(20)10-16(13)25/h3-8,10,12,15H,9,11H2,1-2H3,(H,22,26)(H2,21,23,24,27). The van der Waals surface area contributed by atoms with E-state index >= 15 is 0 Å². The van der Waals surface area contributed by atoms with Crippen molar-refractivity contribution in [1.29, 1.82) is 0 Å². The van der Waals surface area contributed by atoms with Crippen molar-refractivity contribution in [1.82, 2.24) is 20.1 Å². The van der Waals surface area contributed by atoms with Gasteiger partial charge in [-0.2, -0.15) is 5.10 Å². The van der Waals surface area contributed by atoms with Crippen LogP contribution in [0.3, 0.4) is 0 Å². The molecular weight excluding hydrogens is 366 g/mol. The zero-order valence-corrected chi connectivity index (χ0v) is 16.0. The van der Waals surface area contributed by atoms with E-state index in [1.807, 2.05) is 48.9 Å². The number of aromatic nitrogens is 3. The number of anilines is 1. The van der Waals surface area contributed by atoms with E-state index in [-0.39, 0.29) is 24.3 Å². The molecule has 142 valence electrons. The van der Waals surface area contributed by atoms with Crippen LogP contribution in [0.25, 0.3) is 10.9 Å². The first-order valence-corrected chi connectivity index (χ1v) is 9.14. The van der Waals surface area contributed by atoms with Crippen molar-refractivity contribution in [3.05, 3.63) is 47.7 Å². The molecule has 0 saturated carbocycles. The highest BCUT2D eigenvalue weighted by Crippen LogP contribution is 2.20. The number of halogens is 1. The first kappa shape index (κ1) is 19.0. The summed E-state index contributed by atoms with van der Waals surface area (Å²) in [7, 11) is 0. The number of amides is 2. The van der Waals surface area contributed by atoms with Gasteiger partial charge in [0.25, 0.3) is 0 Å². The Kier molecular flexibility index (Phi) is 5.81. The topological polar surface area (TPSA) is 91.8 Å². The van der Waals surface area contributed by atoms with Crippen LogP contribution in [-0.4, -0.2) is 32.6 Å². The lowest BCUT2D eigenvalue weighted by Gasteiger charge is -2.20. The number of nitrogens with one attached hydrogen (secondary N) is 3. The number of nitrogens with zero attached hydrogens (tertiary/aromatic N) is 2. The van der Waals surface area contributed by atoms with Crippen molar-refractivity contribution >= 4 is 40.1 Å². The Morgan fingerprint density at radius 1 is 1.26 bits per heavy atom. The molecular formula is C19H22ClN5O2. The Morgan fingerprint density at radius 2 is 2.07 bits per heavy atom. The predicted octanol–water partition coefficient (Wildman–Crippen LogP) is 3.19. The van der Waals surface area contributed by atoms with Gasteiger partial charge in [-0.1, -0.05) is 31.5 Å². The number of fused-ring (bicyclic) bond motifs is 1. The minimum atomic E-state index is -0.633. The van der Waals surface area contributed by atoms with Gasteiger partial charge in [0.05, 0.1) is 6.20 Å². The van der Waals surface area contributed by atoms with Crippen LogP contribution < -0.4 is 10.6 Å². The van der Waals surface area contributed by atoms with Crippen LogP contribution in [0, 0.1) is 5.92 Å². The summed E-state index contributed by atoms with van der Waals surface area (Å²) in [5.41, 5.74) is 0.875. The van der Waals surface area contributed by atoms with Crippen LogP contribution >= 0.6 is 11.6 Å². The third-order valence-electron chi connectivity index (χ3n) is 4.17. The van der Waals surface area contributed by atoms with Gasteiger partial charge in [0.1, 0.15) is 18.4 Å². The van der Waals surface area contributed by atoms with Crippen molar-refractivity contribution in [3.63, 3.8) is 0 Å². The van der Waals surface area contributed by atoms with Crippen LogP contribution in [0.1, 0.15) is 20.3 Å². The third kappa shape index (κ3) is 4.89. The molecule has 0 fully saturated rings. The number of carbonyl (C=O) groups excluding carboxylic acids is 2. The van der Waals surface area contributed by atoms with Crippen molar-refractivity contribution in [2.75, 3.05) is 5.32 Å². The summed E-state index contributed by atoms with van der Waals surface area (Å²) in [6, 6.07) is 8.49. The summed E-state index contributed by atoms with van der Waals surface area (Å²) < 4.78 is 1.82. The zero-order chi connectivity index (χ0) is 19.4. The second-order valence-corrected chi connectivity index (χ2v) is 7.29. The van der Waals surface area contributed by atoms with Crippen LogP contribution in [0.2, 0.25) is 5.02 Å². The highest BCUT2D eigenvalue weighted by molar-refractivity contribution is 6.31. The molecule has 7 nitrogen and oxygen atoms in total. The lowest BCUT2D eigenvalue weighted by molar-refractivity contribution is -0.127. The molecule has 1 unspecified atom stereocenters. The normalized spacial score (nSPS) is 12.3. The molecule has 2 heterocycles. The molecule has 1 aromatic carbocycles. The number of aromatic amines is 1. The van der Waals surface area contributed by atoms with Gasteiger partial charge in [0.15, 0.2) is 0 Å². The van der Waals surface area contributed by atoms with Crippen molar-refractivity contribution in [2.24, 2.45) is 5.92 Å². The molecule has 8 heteroatoms. The van der Waals surface area contributed by atoms with Gasteiger partial charge in [-0.05, 0) is 35.9 Å². The number of H-pyrrole nitrogens is 1. The fraction of sp³-hybridized carbons (Fsp3) is 0.316. The fourth-order valence-corrected chi connectivity index (χ4v) is 3.10. The first-order valence-electron chi connectivity index (χ1n) is 8.76. The lowest BCUT2D eigenvalue weighted by Crippen LogP contribution is -2.45. The molecule has 3 aromatic rings. The van der Waals surface area contributed by atoms with Gasteiger partial charge in [-0.15, -0.1) is 0 Å². The second kappa shape index (κ2) is 8.26. The Morgan fingerprint density at radius 3 is 2.78 bits per heavy atom. The Hall–Kier alpha value is -2.80. The average Bonchev–Trinajstić information content (AvgIpc) is 3.24. The number of carbonyl (C=O) groups is 2. The zero-order valence-electron chi connectivity index (χ0n) is 15.2. The van der Waals surface area contributed by atoms with Crippen molar-refractivity contribution in [3.8, 4) is 0 Å². The van der Waals surface area contributed by atoms with E-state index in [9.17, 15) is 9.59 Å². The van der Waals surface area contributed by atoms with Crippen LogP contribution in [0.5, 0.6) is 0 Å². The molecule has 3 rings (SSSR count). The summed E-state index contributed by atoms with van der Waals surface area (Å²) >= 11 is 6.06. The predicted molar refractivity (Wildman–Crippen MR) is 106 cm³/mol. The molecule has 0 radical (unpaired) electrons. The highest BCUT2D eigenvalue weighted by atomic mass is 35.5. The van der Waals surface area contributed by atoms with Crippen LogP contribution in [-0.2, 0) is 16.1 Å².